The van der Waals surface area contributed by atoms with Gasteiger partial charge in [-0.2, -0.15) is 0 Å². The Morgan fingerprint density at radius 3 is 3.00 bits per heavy atom. The SMILES string of the molecule is Nc1ncc(CCC(=O)O)[nH]1. The third-order valence-electron chi connectivity index (χ3n) is 1.26. The van der Waals surface area contributed by atoms with Gasteiger partial charge in [-0.15, -0.1) is 0 Å². The Bertz CT molecular complexity index is 256. The van der Waals surface area contributed by atoms with Crippen LogP contribution in [0.25, 0.3) is 0 Å². The number of nitrogens with two attached hydrogens (primary N) is 1. The van der Waals surface area contributed by atoms with Crippen LogP contribution in [0.15, 0.2) is 6.20 Å². The van der Waals surface area contributed by atoms with Crippen molar-refractivity contribution in [1.29, 1.82) is 0 Å². The lowest BCUT2D eigenvalue weighted by atomic mass is 10.2. The molecule has 0 saturated carbocycles. The first kappa shape index (κ1) is 7.59. The number of nitrogens with one attached hydrogen (secondary N) is 1. The first-order valence-electron chi connectivity index (χ1n) is 3.19. The monoisotopic (exact) mass is 155 g/mol. The highest BCUT2D eigenvalue weighted by Gasteiger charge is 2.00. The number of hydrogen-bond acceptors (Lipinski definition) is 3. The van der Waals surface area contributed by atoms with Crippen LogP contribution in [0, 0.1) is 0 Å². The van der Waals surface area contributed by atoms with E-state index in [0.29, 0.717) is 12.4 Å². The van der Waals surface area contributed by atoms with Crippen LogP contribution >= 0.6 is 0 Å². The Kier molecular flexibility index (Phi) is 2.10. The topological polar surface area (TPSA) is 92.0 Å². The summed E-state index contributed by atoms with van der Waals surface area (Å²) in [5, 5.41) is 8.32. The quantitative estimate of drug-likeness (QED) is 0.573. The summed E-state index contributed by atoms with van der Waals surface area (Å²) in [4.78, 5) is 16.6. The first-order valence-corrected chi connectivity index (χ1v) is 3.19. The Hall–Kier alpha value is -1.52. The van der Waals surface area contributed by atoms with Crippen molar-refractivity contribution < 1.29 is 9.90 Å². The molecule has 5 heteroatoms. The van der Waals surface area contributed by atoms with Gasteiger partial charge in [0, 0.05) is 5.69 Å². The summed E-state index contributed by atoms with van der Waals surface area (Å²) >= 11 is 0. The average molecular weight is 155 g/mol. The van der Waals surface area contributed by atoms with Gasteiger partial charge < -0.3 is 15.8 Å². The van der Waals surface area contributed by atoms with Gasteiger partial charge in [-0.1, -0.05) is 0 Å². The van der Waals surface area contributed by atoms with Gasteiger partial charge in [0.15, 0.2) is 5.95 Å². The summed E-state index contributed by atoms with van der Waals surface area (Å²) in [6.07, 6.45) is 2.08. The average Bonchev–Trinajstić information content (AvgIpc) is 2.31. The lowest BCUT2D eigenvalue weighted by Crippen LogP contribution is -1.97. The van der Waals surface area contributed by atoms with Crippen LogP contribution in [-0.4, -0.2) is 21.0 Å². The van der Waals surface area contributed by atoms with E-state index in [1.54, 1.807) is 0 Å². The van der Waals surface area contributed by atoms with E-state index in [2.05, 4.69) is 9.97 Å². The zero-order chi connectivity index (χ0) is 8.27. The smallest absolute Gasteiger partial charge is 0.303 e. The molecule has 0 aromatic carbocycles. The van der Waals surface area contributed by atoms with Crippen LogP contribution in [0.3, 0.4) is 0 Å². The minimum Gasteiger partial charge on any atom is -0.481 e. The van der Waals surface area contributed by atoms with Gasteiger partial charge in [-0.3, -0.25) is 4.79 Å². The molecule has 1 aromatic rings. The standard InChI is InChI=1S/C6H9N3O2/c7-6-8-3-4(9-6)1-2-5(10)11/h3H,1-2H2,(H,10,11)(H3,7,8,9). The zero-order valence-corrected chi connectivity index (χ0v) is 5.87. The van der Waals surface area contributed by atoms with Gasteiger partial charge in [0.25, 0.3) is 0 Å². The molecule has 0 aliphatic heterocycles. The highest BCUT2D eigenvalue weighted by Crippen LogP contribution is 2.00. The van der Waals surface area contributed by atoms with Crippen LogP contribution in [0.4, 0.5) is 5.95 Å². The first-order chi connectivity index (χ1) is 5.18. The number of H-pyrrole nitrogens is 1. The minimum absolute atomic E-state index is 0.0988. The summed E-state index contributed by atoms with van der Waals surface area (Å²) < 4.78 is 0. The lowest BCUT2D eigenvalue weighted by molar-refractivity contribution is -0.136. The van der Waals surface area contributed by atoms with Crippen molar-refractivity contribution >= 4 is 11.9 Å². The molecule has 11 heavy (non-hydrogen) atoms. The van der Waals surface area contributed by atoms with Gasteiger partial charge in [0.2, 0.25) is 0 Å². The van der Waals surface area contributed by atoms with Crippen molar-refractivity contribution in [2.75, 3.05) is 5.73 Å². The van der Waals surface area contributed by atoms with Gasteiger partial charge in [0.1, 0.15) is 0 Å². The Labute approximate surface area is 63.3 Å². The number of rotatable bonds is 3. The molecule has 0 fully saturated rings. The number of nitrogens with zero attached hydrogens (tertiary/aromatic N) is 1. The fourth-order valence-electron chi connectivity index (χ4n) is 0.745. The molecule has 0 spiro atoms. The summed E-state index contributed by atoms with van der Waals surface area (Å²) in [7, 11) is 0. The summed E-state index contributed by atoms with van der Waals surface area (Å²) in [5.41, 5.74) is 6.03. The van der Waals surface area contributed by atoms with Crippen LogP contribution in [-0.2, 0) is 11.2 Å². The molecule has 1 heterocycles. The fourth-order valence-corrected chi connectivity index (χ4v) is 0.745. The van der Waals surface area contributed by atoms with Crippen molar-refractivity contribution in [2.45, 2.75) is 12.8 Å². The molecule has 0 radical (unpaired) electrons. The Morgan fingerprint density at radius 1 is 1.82 bits per heavy atom. The number of imidazole rings is 1. The predicted molar refractivity (Wildman–Crippen MR) is 39.0 cm³/mol. The number of anilines is 1. The maximum Gasteiger partial charge on any atom is 0.303 e. The number of carboxylic acid groups (broad SMARTS) is 1. The summed E-state index contributed by atoms with van der Waals surface area (Å²) in [5.74, 6) is -0.497. The summed E-state index contributed by atoms with van der Waals surface area (Å²) in [6.45, 7) is 0. The van der Waals surface area contributed by atoms with E-state index in [1.807, 2.05) is 0 Å². The van der Waals surface area contributed by atoms with Crippen molar-refractivity contribution in [3.8, 4) is 0 Å². The number of carbonyl (C=O) groups is 1. The van der Waals surface area contributed by atoms with E-state index in [-0.39, 0.29) is 6.42 Å². The van der Waals surface area contributed by atoms with Gasteiger partial charge in [0.05, 0.1) is 12.6 Å². The molecule has 1 aromatic heterocycles. The van der Waals surface area contributed by atoms with E-state index in [1.165, 1.54) is 6.20 Å². The van der Waals surface area contributed by atoms with E-state index < -0.39 is 5.97 Å². The minimum atomic E-state index is -0.821. The molecule has 0 aliphatic rings. The van der Waals surface area contributed by atoms with Crippen LogP contribution in [0.2, 0.25) is 0 Å². The molecule has 0 aliphatic carbocycles. The molecule has 5 nitrogen and oxygen atoms in total. The van der Waals surface area contributed by atoms with Crippen molar-refractivity contribution in [3.63, 3.8) is 0 Å². The van der Waals surface area contributed by atoms with E-state index >= 15 is 0 Å². The van der Waals surface area contributed by atoms with Crippen LogP contribution in [0.1, 0.15) is 12.1 Å². The second-order valence-electron chi connectivity index (χ2n) is 2.19. The van der Waals surface area contributed by atoms with Crippen molar-refractivity contribution in [2.24, 2.45) is 0 Å². The third kappa shape index (κ3) is 2.29. The van der Waals surface area contributed by atoms with Gasteiger partial charge in [-0.05, 0) is 6.42 Å². The zero-order valence-electron chi connectivity index (χ0n) is 5.87. The molecule has 0 amide bonds. The molecular formula is C6H9N3O2. The highest BCUT2D eigenvalue weighted by atomic mass is 16.4. The lowest BCUT2D eigenvalue weighted by Gasteiger charge is -1.90. The number of hydrogen-bond donors (Lipinski definition) is 3. The molecule has 4 N–H and O–H groups in total. The molecule has 0 unspecified atom stereocenters. The normalized spacial score (nSPS) is 9.82. The van der Waals surface area contributed by atoms with E-state index in [9.17, 15) is 4.79 Å². The molecule has 60 valence electrons. The molecule has 0 saturated heterocycles. The number of nitrogen functional groups attached to an aromatic ring is 1. The second-order valence-corrected chi connectivity index (χ2v) is 2.19. The highest BCUT2D eigenvalue weighted by molar-refractivity contribution is 5.66. The maximum absolute atomic E-state index is 10.1. The molecule has 0 atom stereocenters. The molecule has 0 bridgehead atoms. The predicted octanol–water partition coefficient (Wildman–Crippen LogP) is 0.00910. The Morgan fingerprint density at radius 2 is 2.55 bits per heavy atom. The van der Waals surface area contributed by atoms with Gasteiger partial charge in [-0.25, -0.2) is 4.98 Å². The number of aromatic nitrogens is 2. The number of aliphatic carboxylic acids is 1. The summed E-state index contributed by atoms with van der Waals surface area (Å²) in [6, 6.07) is 0. The number of aromatic amines is 1. The molecule has 1 rings (SSSR count). The van der Waals surface area contributed by atoms with E-state index in [4.69, 9.17) is 10.8 Å². The van der Waals surface area contributed by atoms with Crippen molar-refractivity contribution in [1.82, 2.24) is 9.97 Å². The number of aryl methyl sites for hydroxylation is 1. The fraction of sp³-hybridized carbons (Fsp3) is 0.333. The molecular weight excluding hydrogens is 146 g/mol. The Balaban J connectivity index is 2.45. The maximum atomic E-state index is 10.1. The van der Waals surface area contributed by atoms with E-state index in [0.717, 1.165) is 5.69 Å². The van der Waals surface area contributed by atoms with Crippen molar-refractivity contribution in [3.05, 3.63) is 11.9 Å². The second kappa shape index (κ2) is 3.05. The largest absolute Gasteiger partial charge is 0.481 e. The number of carboxylic acids is 1. The van der Waals surface area contributed by atoms with Crippen LogP contribution < -0.4 is 5.73 Å². The van der Waals surface area contributed by atoms with Crippen LogP contribution in [0.5, 0.6) is 0 Å². The van der Waals surface area contributed by atoms with Gasteiger partial charge >= 0.3 is 5.97 Å². The third-order valence-corrected chi connectivity index (χ3v) is 1.26.